The molecule has 5 heteroatoms. The van der Waals surface area contributed by atoms with Gasteiger partial charge in [-0.3, -0.25) is 0 Å². The van der Waals surface area contributed by atoms with Crippen LogP contribution < -0.4 is 4.90 Å². The van der Waals surface area contributed by atoms with Crippen molar-refractivity contribution in [2.75, 3.05) is 24.6 Å². The molecule has 2 heterocycles. The lowest BCUT2D eigenvalue weighted by molar-refractivity contribution is 0.244. The van der Waals surface area contributed by atoms with Gasteiger partial charge in [0.05, 0.1) is 0 Å². The number of piperidine rings is 1. The lowest BCUT2D eigenvalue weighted by Crippen LogP contribution is -2.36. The molecule has 1 aliphatic heterocycles. The number of hydrogen-bond donors (Lipinski definition) is 1. The van der Waals surface area contributed by atoms with Crippen molar-refractivity contribution in [2.45, 2.75) is 45.4 Å². The number of aliphatic hydroxyl groups is 1. The SMILES string of the molecule is CC(C)(C)c1nc(Br)cc(N2CCCC(CCO)C2)n1. The van der Waals surface area contributed by atoms with Gasteiger partial charge in [-0.2, -0.15) is 0 Å². The van der Waals surface area contributed by atoms with Crippen LogP contribution in [0.25, 0.3) is 0 Å². The molecular weight excluding hydrogens is 318 g/mol. The van der Waals surface area contributed by atoms with Crippen LogP contribution in [0, 0.1) is 5.92 Å². The van der Waals surface area contributed by atoms with Crippen molar-refractivity contribution in [1.29, 1.82) is 0 Å². The molecule has 1 aromatic heterocycles. The summed E-state index contributed by atoms with van der Waals surface area (Å²) >= 11 is 3.50. The van der Waals surface area contributed by atoms with E-state index < -0.39 is 0 Å². The minimum Gasteiger partial charge on any atom is -0.396 e. The maximum atomic E-state index is 9.12. The molecule has 0 amide bonds. The summed E-state index contributed by atoms with van der Waals surface area (Å²) in [7, 11) is 0. The minimum absolute atomic E-state index is 0.0567. The maximum absolute atomic E-state index is 9.12. The first-order valence-corrected chi connectivity index (χ1v) is 8.10. The monoisotopic (exact) mass is 341 g/mol. The molecular formula is C15H24BrN3O. The molecule has 1 aliphatic rings. The molecule has 1 fully saturated rings. The van der Waals surface area contributed by atoms with Gasteiger partial charge in [0.1, 0.15) is 16.2 Å². The fourth-order valence-corrected chi connectivity index (χ4v) is 2.97. The zero-order valence-corrected chi connectivity index (χ0v) is 14.2. The van der Waals surface area contributed by atoms with Crippen LogP contribution in [0.15, 0.2) is 10.7 Å². The maximum Gasteiger partial charge on any atom is 0.137 e. The lowest BCUT2D eigenvalue weighted by atomic mass is 9.94. The van der Waals surface area contributed by atoms with E-state index in [4.69, 9.17) is 10.1 Å². The minimum atomic E-state index is -0.0567. The van der Waals surface area contributed by atoms with E-state index in [1.807, 2.05) is 6.07 Å². The summed E-state index contributed by atoms with van der Waals surface area (Å²) in [5, 5.41) is 9.12. The average Bonchev–Trinajstić information content (AvgIpc) is 2.38. The van der Waals surface area contributed by atoms with E-state index in [2.05, 4.69) is 46.6 Å². The van der Waals surface area contributed by atoms with E-state index in [0.29, 0.717) is 5.92 Å². The number of nitrogens with zero attached hydrogens (tertiary/aromatic N) is 3. The van der Waals surface area contributed by atoms with Crippen LogP contribution in [-0.2, 0) is 5.41 Å². The molecule has 20 heavy (non-hydrogen) atoms. The smallest absolute Gasteiger partial charge is 0.137 e. The van der Waals surface area contributed by atoms with Crippen molar-refractivity contribution in [1.82, 2.24) is 9.97 Å². The van der Waals surface area contributed by atoms with Gasteiger partial charge in [-0.05, 0) is 41.1 Å². The van der Waals surface area contributed by atoms with Gasteiger partial charge in [-0.15, -0.1) is 0 Å². The average molecular weight is 342 g/mol. The topological polar surface area (TPSA) is 49.2 Å². The van der Waals surface area contributed by atoms with Crippen LogP contribution in [0.3, 0.4) is 0 Å². The van der Waals surface area contributed by atoms with Crippen LogP contribution in [0.4, 0.5) is 5.82 Å². The largest absolute Gasteiger partial charge is 0.396 e. The first kappa shape index (κ1) is 15.7. The van der Waals surface area contributed by atoms with Gasteiger partial charge in [0.2, 0.25) is 0 Å². The van der Waals surface area contributed by atoms with E-state index >= 15 is 0 Å². The van der Waals surface area contributed by atoms with Crippen molar-refractivity contribution in [3.05, 3.63) is 16.5 Å². The van der Waals surface area contributed by atoms with Crippen molar-refractivity contribution >= 4 is 21.7 Å². The summed E-state index contributed by atoms with van der Waals surface area (Å²) < 4.78 is 0.844. The van der Waals surface area contributed by atoms with E-state index in [-0.39, 0.29) is 12.0 Å². The van der Waals surface area contributed by atoms with E-state index in [0.717, 1.165) is 42.2 Å². The molecule has 1 saturated heterocycles. The lowest BCUT2D eigenvalue weighted by Gasteiger charge is -2.34. The molecule has 0 aromatic carbocycles. The zero-order chi connectivity index (χ0) is 14.8. The second-order valence-electron chi connectivity index (χ2n) is 6.59. The molecule has 0 bridgehead atoms. The first-order valence-electron chi connectivity index (χ1n) is 7.31. The highest BCUT2D eigenvalue weighted by Crippen LogP contribution is 2.28. The molecule has 0 aliphatic carbocycles. The summed E-state index contributed by atoms with van der Waals surface area (Å²) in [6.07, 6.45) is 3.25. The Kier molecular flexibility index (Phi) is 5.02. The number of halogens is 1. The van der Waals surface area contributed by atoms with Crippen LogP contribution in [0.2, 0.25) is 0 Å². The summed E-state index contributed by atoms with van der Waals surface area (Å²) in [4.78, 5) is 11.6. The predicted molar refractivity (Wildman–Crippen MR) is 85.1 cm³/mol. The molecule has 0 spiro atoms. The first-order chi connectivity index (χ1) is 9.40. The summed E-state index contributed by atoms with van der Waals surface area (Å²) in [6.45, 7) is 8.68. The number of rotatable bonds is 3. The number of hydrogen-bond acceptors (Lipinski definition) is 4. The highest BCUT2D eigenvalue weighted by atomic mass is 79.9. The standard InChI is InChI=1S/C15H24BrN3O/c1-15(2,3)14-17-12(16)9-13(18-14)19-7-4-5-11(10-19)6-8-20/h9,11,20H,4-8,10H2,1-3H3. The summed E-state index contributed by atoms with van der Waals surface area (Å²) in [6, 6.07) is 2.00. The Morgan fingerprint density at radius 2 is 2.15 bits per heavy atom. The van der Waals surface area contributed by atoms with Crippen molar-refractivity contribution in [3.63, 3.8) is 0 Å². The third kappa shape index (κ3) is 3.92. The second kappa shape index (κ2) is 6.39. The van der Waals surface area contributed by atoms with Crippen molar-refractivity contribution in [3.8, 4) is 0 Å². The molecule has 0 radical (unpaired) electrons. The number of anilines is 1. The van der Waals surface area contributed by atoms with Gasteiger partial charge < -0.3 is 10.0 Å². The Morgan fingerprint density at radius 1 is 1.40 bits per heavy atom. The predicted octanol–water partition coefficient (Wildman–Crippen LogP) is 3.14. The molecule has 0 saturated carbocycles. The Bertz CT molecular complexity index is 457. The summed E-state index contributed by atoms with van der Waals surface area (Å²) in [5.41, 5.74) is -0.0567. The van der Waals surface area contributed by atoms with Crippen LogP contribution in [0.1, 0.15) is 45.9 Å². The van der Waals surface area contributed by atoms with Gasteiger partial charge >= 0.3 is 0 Å². The van der Waals surface area contributed by atoms with Gasteiger partial charge in [-0.1, -0.05) is 20.8 Å². The van der Waals surface area contributed by atoms with Crippen molar-refractivity contribution in [2.24, 2.45) is 5.92 Å². The molecule has 1 atom stereocenters. The molecule has 4 nitrogen and oxygen atoms in total. The van der Waals surface area contributed by atoms with E-state index in [1.165, 1.54) is 6.42 Å². The quantitative estimate of drug-likeness (QED) is 0.858. The Labute approximate surface area is 129 Å². The van der Waals surface area contributed by atoms with Crippen LogP contribution in [-0.4, -0.2) is 34.8 Å². The Morgan fingerprint density at radius 3 is 2.80 bits per heavy atom. The van der Waals surface area contributed by atoms with Gasteiger partial charge in [0.15, 0.2) is 0 Å². The normalized spacial score (nSPS) is 20.2. The molecule has 112 valence electrons. The fraction of sp³-hybridized carbons (Fsp3) is 0.733. The third-order valence-corrected chi connectivity index (χ3v) is 4.14. The zero-order valence-electron chi connectivity index (χ0n) is 12.6. The Balaban J connectivity index is 2.21. The summed E-state index contributed by atoms with van der Waals surface area (Å²) in [5.74, 6) is 2.44. The molecule has 1 N–H and O–H groups in total. The Hall–Kier alpha value is -0.680. The fourth-order valence-electron chi connectivity index (χ4n) is 2.59. The van der Waals surface area contributed by atoms with Crippen LogP contribution in [0.5, 0.6) is 0 Å². The third-order valence-electron chi connectivity index (χ3n) is 3.73. The molecule has 1 aromatic rings. The highest BCUT2D eigenvalue weighted by molar-refractivity contribution is 9.10. The van der Waals surface area contributed by atoms with Gasteiger partial charge in [0, 0.05) is 31.2 Å². The van der Waals surface area contributed by atoms with E-state index in [9.17, 15) is 0 Å². The van der Waals surface area contributed by atoms with Crippen molar-refractivity contribution < 1.29 is 5.11 Å². The second-order valence-corrected chi connectivity index (χ2v) is 7.40. The van der Waals surface area contributed by atoms with Gasteiger partial charge in [-0.25, -0.2) is 9.97 Å². The highest BCUT2D eigenvalue weighted by Gasteiger charge is 2.24. The van der Waals surface area contributed by atoms with Gasteiger partial charge in [0.25, 0.3) is 0 Å². The molecule has 1 unspecified atom stereocenters. The van der Waals surface area contributed by atoms with E-state index in [1.54, 1.807) is 0 Å². The molecule has 2 rings (SSSR count). The number of aromatic nitrogens is 2. The number of aliphatic hydroxyl groups excluding tert-OH is 1. The van der Waals surface area contributed by atoms with Crippen LogP contribution >= 0.6 is 15.9 Å².